The first-order chi connectivity index (χ1) is 8.51. The number of rotatable bonds is 7. The molecule has 1 heterocycles. The normalized spacial score (nSPS) is 14.2. The molecule has 2 unspecified atom stereocenters. The quantitative estimate of drug-likeness (QED) is 0.798. The van der Waals surface area contributed by atoms with Gasteiger partial charge in [0, 0.05) is 34.7 Å². The van der Waals surface area contributed by atoms with E-state index in [1.54, 1.807) is 11.3 Å². The Morgan fingerprint density at radius 1 is 1.50 bits per heavy atom. The second-order valence-corrected chi connectivity index (χ2v) is 6.31. The van der Waals surface area contributed by atoms with Gasteiger partial charge in [0.15, 0.2) is 0 Å². The fourth-order valence-electron chi connectivity index (χ4n) is 1.99. The molecule has 0 spiro atoms. The van der Waals surface area contributed by atoms with Crippen LogP contribution in [-0.4, -0.2) is 18.0 Å². The van der Waals surface area contributed by atoms with E-state index in [-0.39, 0.29) is 18.0 Å². The van der Waals surface area contributed by atoms with E-state index in [2.05, 4.69) is 31.3 Å². The third-order valence-electron chi connectivity index (χ3n) is 2.82. The molecule has 1 amide bonds. The van der Waals surface area contributed by atoms with Gasteiger partial charge in [-0.3, -0.25) is 4.79 Å². The van der Waals surface area contributed by atoms with Crippen molar-refractivity contribution in [2.75, 3.05) is 0 Å². The highest BCUT2D eigenvalue weighted by Gasteiger charge is 2.12. The SMILES string of the molecule is CCCC(N)CC(=O)NC(C)Cc1ccc(C)s1. The first-order valence-electron chi connectivity index (χ1n) is 6.61. The van der Waals surface area contributed by atoms with Gasteiger partial charge in [-0.1, -0.05) is 13.3 Å². The lowest BCUT2D eigenvalue weighted by Crippen LogP contribution is -2.37. The molecule has 0 aliphatic heterocycles. The van der Waals surface area contributed by atoms with E-state index in [4.69, 9.17) is 5.73 Å². The third-order valence-corrected chi connectivity index (χ3v) is 3.84. The van der Waals surface area contributed by atoms with Crippen LogP contribution < -0.4 is 11.1 Å². The Kier molecular flexibility index (Phi) is 6.36. The van der Waals surface area contributed by atoms with E-state index in [1.165, 1.54) is 9.75 Å². The maximum Gasteiger partial charge on any atom is 0.221 e. The van der Waals surface area contributed by atoms with Crippen molar-refractivity contribution < 1.29 is 4.79 Å². The van der Waals surface area contributed by atoms with E-state index in [9.17, 15) is 4.79 Å². The van der Waals surface area contributed by atoms with Crippen LogP contribution in [0, 0.1) is 6.92 Å². The summed E-state index contributed by atoms with van der Waals surface area (Å²) in [6, 6.07) is 4.41. The van der Waals surface area contributed by atoms with E-state index >= 15 is 0 Å². The maximum absolute atomic E-state index is 11.7. The molecule has 0 aromatic carbocycles. The van der Waals surface area contributed by atoms with Gasteiger partial charge in [0.2, 0.25) is 5.91 Å². The molecule has 4 heteroatoms. The van der Waals surface area contributed by atoms with Crippen LogP contribution in [0.1, 0.15) is 42.9 Å². The minimum Gasteiger partial charge on any atom is -0.353 e. The summed E-state index contributed by atoms with van der Waals surface area (Å²) in [5.41, 5.74) is 5.86. The minimum absolute atomic E-state index is 0.00816. The Balaban J connectivity index is 2.31. The average molecular weight is 268 g/mol. The van der Waals surface area contributed by atoms with Crippen molar-refractivity contribution in [1.29, 1.82) is 0 Å². The van der Waals surface area contributed by atoms with Gasteiger partial charge in [-0.15, -0.1) is 11.3 Å². The van der Waals surface area contributed by atoms with Gasteiger partial charge in [-0.05, 0) is 32.4 Å². The molecular formula is C14H24N2OS. The highest BCUT2D eigenvalue weighted by Crippen LogP contribution is 2.16. The van der Waals surface area contributed by atoms with Gasteiger partial charge in [-0.2, -0.15) is 0 Å². The number of carbonyl (C=O) groups is 1. The summed E-state index contributed by atoms with van der Waals surface area (Å²) < 4.78 is 0. The standard InChI is InChI=1S/C14H24N2OS/c1-4-5-12(15)9-14(17)16-10(2)8-13-7-6-11(3)18-13/h6-7,10,12H,4-5,8-9,15H2,1-3H3,(H,16,17). The molecule has 3 N–H and O–H groups in total. The minimum atomic E-state index is -0.00816. The van der Waals surface area contributed by atoms with Crippen molar-refractivity contribution in [2.24, 2.45) is 5.73 Å². The summed E-state index contributed by atoms with van der Waals surface area (Å²) in [5.74, 6) is 0.0664. The highest BCUT2D eigenvalue weighted by atomic mass is 32.1. The average Bonchev–Trinajstić information content (AvgIpc) is 2.63. The molecule has 0 saturated heterocycles. The van der Waals surface area contributed by atoms with Crippen molar-refractivity contribution in [1.82, 2.24) is 5.32 Å². The number of nitrogens with one attached hydrogen (secondary N) is 1. The van der Waals surface area contributed by atoms with Crippen LogP contribution in [0.3, 0.4) is 0 Å². The number of thiophene rings is 1. The van der Waals surface area contributed by atoms with Crippen molar-refractivity contribution in [3.8, 4) is 0 Å². The lowest BCUT2D eigenvalue weighted by atomic mass is 10.1. The fraction of sp³-hybridized carbons (Fsp3) is 0.643. The van der Waals surface area contributed by atoms with Crippen LogP contribution in [0.15, 0.2) is 12.1 Å². The number of nitrogens with two attached hydrogens (primary N) is 1. The second kappa shape index (κ2) is 7.54. The fourth-order valence-corrected chi connectivity index (χ4v) is 3.01. The predicted octanol–water partition coefficient (Wildman–Crippen LogP) is 2.62. The molecule has 2 atom stereocenters. The Bertz CT molecular complexity index is 376. The van der Waals surface area contributed by atoms with Gasteiger partial charge >= 0.3 is 0 Å². The molecule has 0 aliphatic rings. The molecular weight excluding hydrogens is 244 g/mol. The van der Waals surface area contributed by atoms with Gasteiger partial charge in [0.05, 0.1) is 0 Å². The van der Waals surface area contributed by atoms with Crippen molar-refractivity contribution >= 4 is 17.2 Å². The van der Waals surface area contributed by atoms with Crippen molar-refractivity contribution in [3.05, 3.63) is 21.9 Å². The first-order valence-corrected chi connectivity index (χ1v) is 7.43. The van der Waals surface area contributed by atoms with E-state index in [1.807, 2.05) is 6.92 Å². The zero-order valence-corrected chi connectivity index (χ0v) is 12.3. The molecule has 0 radical (unpaired) electrons. The van der Waals surface area contributed by atoms with Crippen LogP contribution >= 0.6 is 11.3 Å². The van der Waals surface area contributed by atoms with E-state index < -0.39 is 0 Å². The van der Waals surface area contributed by atoms with E-state index in [0.717, 1.165) is 19.3 Å². The molecule has 18 heavy (non-hydrogen) atoms. The molecule has 1 aromatic heterocycles. The molecule has 1 aromatic rings. The van der Waals surface area contributed by atoms with E-state index in [0.29, 0.717) is 6.42 Å². The topological polar surface area (TPSA) is 55.1 Å². The predicted molar refractivity (Wildman–Crippen MR) is 77.9 cm³/mol. The maximum atomic E-state index is 11.7. The zero-order chi connectivity index (χ0) is 13.5. The number of hydrogen-bond acceptors (Lipinski definition) is 3. The summed E-state index contributed by atoms with van der Waals surface area (Å²) in [4.78, 5) is 14.4. The summed E-state index contributed by atoms with van der Waals surface area (Å²) >= 11 is 1.79. The van der Waals surface area contributed by atoms with Crippen LogP contribution in [0.2, 0.25) is 0 Å². The van der Waals surface area contributed by atoms with Crippen LogP contribution in [0.4, 0.5) is 0 Å². The van der Waals surface area contributed by atoms with Gasteiger partial charge in [0.1, 0.15) is 0 Å². The summed E-state index contributed by atoms with van der Waals surface area (Å²) in [7, 11) is 0. The molecule has 0 bridgehead atoms. The summed E-state index contributed by atoms with van der Waals surface area (Å²) in [5, 5.41) is 3.01. The monoisotopic (exact) mass is 268 g/mol. The highest BCUT2D eigenvalue weighted by molar-refractivity contribution is 7.11. The molecule has 0 aliphatic carbocycles. The Hall–Kier alpha value is -0.870. The van der Waals surface area contributed by atoms with Crippen LogP contribution in [-0.2, 0) is 11.2 Å². The summed E-state index contributed by atoms with van der Waals surface area (Å²) in [6.45, 7) is 6.22. The number of amides is 1. The van der Waals surface area contributed by atoms with Crippen LogP contribution in [0.5, 0.6) is 0 Å². The van der Waals surface area contributed by atoms with Gasteiger partial charge in [-0.25, -0.2) is 0 Å². The van der Waals surface area contributed by atoms with Gasteiger partial charge in [0.25, 0.3) is 0 Å². The van der Waals surface area contributed by atoms with Gasteiger partial charge < -0.3 is 11.1 Å². The smallest absolute Gasteiger partial charge is 0.221 e. The summed E-state index contributed by atoms with van der Waals surface area (Å²) in [6.07, 6.45) is 3.26. The second-order valence-electron chi connectivity index (χ2n) is 4.94. The Morgan fingerprint density at radius 3 is 2.78 bits per heavy atom. The molecule has 102 valence electrons. The third kappa shape index (κ3) is 5.65. The number of aryl methyl sites for hydroxylation is 1. The Labute approximate surface area is 114 Å². The van der Waals surface area contributed by atoms with Crippen molar-refractivity contribution in [3.63, 3.8) is 0 Å². The van der Waals surface area contributed by atoms with Crippen LogP contribution in [0.25, 0.3) is 0 Å². The van der Waals surface area contributed by atoms with Crippen molar-refractivity contribution in [2.45, 2.75) is 58.5 Å². The first kappa shape index (κ1) is 15.2. The number of hydrogen-bond donors (Lipinski definition) is 2. The molecule has 1 rings (SSSR count). The molecule has 3 nitrogen and oxygen atoms in total. The lowest BCUT2D eigenvalue weighted by molar-refractivity contribution is -0.122. The molecule has 0 fully saturated rings. The number of carbonyl (C=O) groups excluding carboxylic acids is 1. The molecule has 0 saturated carbocycles. The Morgan fingerprint density at radius 2 is 2.22 bits per heavy atom. The largest absolute Gasteiger partial charge is 0.353 e. The lowest BCUT2D eigenvalue weighted by Gasteiger charge is -2.15. The zero-order valence-electron chi connectivity index (χ0n) is 11.5.